The standard InChI is InChI=1S/C22H30F3N3O6/c1-20(4-2-8-33-20)19(32)28-12-21(5-6-21)10-15(28)18(31)27-14(9-13-3-7-26-17(13)30)16(29)11-34-22(23,24)25/h13-15H,2-12H2,1H3,(H,26,30)(H,27,31)/t13-,14-,15-,20?/m0/s1. The molecule has 34 heavy (non-hydrogen) atoms. The van der Waals surface area contributed by atoms with Gasteiger partial charge in [-0.1, -0.05) is 0 Å². The Morgan fingerprint density at radius 1 is 1.29 bits per heavy atom. The molecule has 1 unspecified atom stereocenters. The first-order chi connectivity index (χ1) is 15.9. The number of carbonyl (C=O) groups is 4. The second kappa shape index (κ2) is 9.10. The van der Waals surface area contributed by atoms with Crippen LogP contribution in [0.25, 0.3) is 0 Å². The SMILES string of the molecule is CC1(C(=O)N2CC3(CC3)C[C@H]2C(=O)N[C@@H](C[C@@H]2CCNC2=O)C(=O)COC(F)(F)F)CCCO1. The van der Waals surface area contributed by atoms with Gasteiger partial charge in [0.1, 0.15) is 18.2 Å². The first-order valence-electron chi connectivity index (χ1n) is 11.7. The number of ether oxygens (including phenoxy) is 2. The summed E-state index contributed by atoms with van der Waals surface area (Å²) in [6, 6.07) is -2.19. The molecule has 3 aliphatic heterocycles. The lowest BCUT2D eigenvalue weighted by atomic mass is 9.95. The van der Waals surface area contributed by atoms with Crippen molar-refractivity contribution in [3.63, 3.8) is 0 Å². The Kier molecular flexibility index (Phi) is 6.67. The molecule has 3 amide bonds. The van der Waals surface area contributed by atoms with E-state index in [1.54, 1.807) is 6.92 Å². The Morgan fingerprint density at radius 2 is 2.03 bits per heavy atom. The van der Waals surface area contributed by atoms with Crippen molar-refractivity contribution in [3.8, 4) is 0 Å². The molecule has 1 saturated carbocycles. The monoisotopic (exact) mass is 489 g/mol. The van der Waals surface area contributed by atoms with Crippen LogP contribution in [0.1, 0.15) is 51.9 Å². The highest BCUT2D eigenvalue weighted by Gasteiger charge is 2.57. The Bertz CT molecular complexity index is 853. The summed E-state index contributed by atoms with van der Waals surface area (Å²) >= 11 is 0. The van der Waals surface area contributed by atoms with Crippen molar-refractivity contribution in [1.29, 1.82) is 0 Å². The zero-order chi connectivity index (χ0) is 24.7. The lowest BCUT2D eigenvalue weighted by Gasteiger charge is -2.32. The highest BCUT2D eigenvalue weighted by atomic mass is 19.4. The smallest absolute Gasteiger partial charge is 0.365 e. The quantitative estimate of drug-likeness (QED) is 0.527. The van der Waals surface area contributed by atoms with Crippen molar-refractivity contribution in [3.05, 3.63) is 0 Å². The topological polar surface area (TPSA) is 114 Å². The van der Waals surface area contributed by atoms with Crippen LogP contribution in [0.4, 0.5) is 13.2 Å². The van der Waals surface area contributed by atoms with Crippen LogP contribution in [-0.2, 0) is 28.7 Å². The van der Waals surface area contributed by atoms with Crippen LogP contribution in [0.15, 0.2) is 0 Å². The fourth-order valence-electron chi connectivity index (χ4n) is 5.24. The minimum absolute atomic E-state index is 0.135. The minimum Gasteiger partial charge on any atom is -0.365 e. The van der Waals surface area contributed by atoms with E-state index in [1.165, 1.54) is 4.90 Å². The number of rotatable bonds is 8. The van der Waals surface area contributed by atoms with Gasteiger partial charge in [-0.25, -0.2) is 0 Å². The molecule has 9 nitrogen and oxygen atoms in total. The highest BCUT2D eigenvalue weighted by molar-refractivity contribution is 5.95. The lowest BCUT2D eigenvalue weighted by molar-refractivity contribution is -0.321. The van der Waals surface area contributed by atoms with Gasteiger partial charge in [0.25, 0.3) is 5.91 Å². The molecule has 3 saturated heterocycles. The van der Waals surface area contributed by atoms with Crippen LogP contribution in [0, 0.1) is 11.3 Å². The molecular formula is C22H30F3N3O6. The molecule has 4 fully saturated rings. The zero-order valence-electron chi connectivity index (χ0n) is 19.0. The van der Waals surface area contributed by atoms with Crippen molar-refractivity contribution in [2.45, 2.75) is 75.9 Å². The van der Waals surface area contributed by atoms with Gasteiger partial charge in [-0.15, -0.1) is 13.2 Å². The number of halogens is 3. The van der Waals surface area contributed by atoms with Gasteiger partial charge in [-0.3, -0.25) is 23.9 Å². The third kappa shape index (κ3) is 5.37. The fraction of sp³-hybridized carbons (Fsp3) is 0.818. The number of nitrogens with zero attached hydrogens (tertiary/aromatic N) is 1. The van der Waals surface area contributed by atoms with Gasteiger partial charge in [-0.05, 0) is 57.3 Å². The summed E-state index contributed by atoms with van der Waals surface area (Å²) < 4.78 is 46.8. The molecule has 0 bridgehead atoms. The third-order valence-corrected chi connectivity index (χ3v) is 7.47. The van der Waals surface area contributed by atoms with Gasteiger partial charge in [0.05, 0.1) is 6.04 Å². The van der Waals surface area contributed by atoms with Crippen LogP contribution in [0.3, 0.4) is 0 Å². The van der Waals surface area contributed by atoms with E-state index in [4.69, 9.17) is 4.74 Å². The molecule has 0 aromatic heterocycles. The summed E-state index contributed by atoms with van der Waals surface area (Å²) in [5, 5.41) is 5.16. The highest BCUT2D eigenvalue weighted by Crippen LogP contribution is 2.55. The summed E-state index contributed by atoms with van der Waals surface area (Å²) in [6.45, 7) is 1.69. The summed E-state index contributed by atoms with van der Waals surface area (Å²) in [5.41, 5.74) is -1.16. The molecule has 1 aliphatic carbocycles. The van der Waals surface area contributed by atoms with E-state index >= 15 is 0 Å². The number of carbonyl (C=O) groups excluding carboxylic acids is 4. The summed E-state index contributed by atoms with van der Waals surface area (Å²) in [7, 11) is 0. The van der Waals surface area contributed by atoms with E-state index in [0.29, 0.717) is 39.0 Å². The van der Waals surface area contributed by atoms with Crippen LogP contribution in [0.5, 0.6) is 0 Å². The normalized spacial score (nSPS) is 30.9. The Labute approximate surface area is 195 Å². The zero-order valence-corrected chi connectivity index (χ0v) is 19.0. The number of hydrogen-bond donors (Lipinski definition) is 2. The molecule has 2 N–H and O–H groups in total. The third-order valence-electron chi connectivity index (χ3n) is 7.47. The number of hydrogen-bond acceptors (Lipinski definition) is 6. The Hall–Kier alpha value is -2.21. The summed E-state index contributed by atoms with van der Waals surface area (Å²) in [6.07, 6.45) is -1.28. The predicted molar refractivity (Wildman–Crippen MR) is 110 cm³/mol. The van der Waals surface area contributed by atoms with Gasteiger partial charge in [0.2, 0.25) is 11.8 Å². The average Bonchev–Trinajstić information content (AvgIpc) is 3.06. The number of nitrogens with one attached hydrogen (secondary N) is 2. The van der Waals surface area contributed by atoms with Crippen LogP contribution in [0.2, 0.25) is 0 Å². The fourth-order valence-corrected chi connectivity index (χ4v) is 5.24. The largest absolute Gasteiger partial charge is 0.522 e. The maximum absolute atomic E-state index is 13.3. The molecule has 0 radical (unpaired) electrons. The Morgan fingerprint density at radius 3 is 2.59 bits per heavy atom. The van der Waals surface area contributed by atoms with E-state index in [2.05, 4.69) is 15.4 Å². The van der Waals surface area contributed by atoms with Gasteiger partial charge < -0.3 is 20.3 Å². The van der Waals surface area contributed by atoms with Crippen molar-refractivity contribution >= 4 is 23.5 Å². The van der Waals surface area contributed by atoms with Crippen molar-refractivity contribution in [1.82, 2.24) is 15.5 Å². The molecule has 1 spiro atoms. The van der Waals surface area contributed by atoms with Gasteiger partial charge in [-0.2, -0.15) is 0 Å². The van der Waals surface area contributed by atoms with Gasteiger partial charge >= 0.3 is 6.36 Å². The molecule has 4 aliphatic rings. The second-order valence-electron chi connectivity index (χ2n) is 10.1. The molecule has 4 rings (SSSR count). The predicted octanol–water partition coefficient (Wildman–Crippen LogP) is 1.05. The number of amides is 3. The van der Waals surface area contributed by atoms with Gasteiger partial charge in [0.15, 0.2) is 5.78 Å². The maximum Gasteiger partial charge on any atom is 0.522 e. The van der Waals surface area contributed by atoms with E-state index in [0.717, 1.165) is 19.3 Å². The first kappa shape index (κ1) is 24.9. The van der Waals surface area contributed by atoms with Crippen LogP contribution in [-0.4, -0.2) is 78.8 Å². The van der Waals surface area contributed by atoms with Crippen LogP contribution >= 0.6 is 0 Å². The minimum atomic E-state index is -5.00. The maximum atomic E-state index is 13.3. The first-order valence-corrected chi connectivity index (χ1v) is 11.7. The number of likely N-dealkylation sites (tertiary alicyclic amines) is 1. The summed E-state index contributed by atoms with van der Waals surface area (Å²) in [4.78, 5) is 52.7. The molecule has 3 heterocycles. The van der Waals surface area contributed by atoms with E-state index in [-0.39, 0.29) is 23.7 Å². The molecular weight excluding hydrogens is 459 g/mol. The van der Waals surface area contributed by atoms with E-state index < -0.39 is 48.3 Å². The number of Topliss-reactive ketones (excluding diaryl/α,β-unsaturated/α-hetero) is 1. The average molecular weight is 489 g/mol. The molecule has 12 heteroatoms. The van der Waals surface area contributed by atoms with Crippen LogP contribution < -0.4 is 10.6 Å². The molecule has 190 valence electrons. The van der Waals surface area contributed by atoms with E-state index in [9.17, 15) is 32.3 Å². The second-order valence-corrected chi connectivity index (χ2v) is 10.1. The Balaban J connectivity index is 1.48. The molecule has 0 aromatic carbocycles. The number of ketones is 1. The lowest BCUT2D eigenvalue weighted by Crippen LogP contribution is -2.55. The number of alkyl halides is 3. The van der Waals surface area contributed by atoms with Gasteiger partial charge in [0, 0.05) is 25.6 Å². The summed E-state index contributed by atoms with van der Waals surface area (Å²) in [5.74, 6) is -2.80. The molecule has 4 atom stereocenters. The molecule has 0 aromatic rings. The van der Waals surface area contributed by atoms with Crippen molar-refractivity contribution in [2.24, 2.45) is 11.3 Å². The van der Waals surface area contributed by atoms with E-state index in [1.807, 2.05) is 0 Å². The van der Waals surface area contributed by atoms with Crippen molar-refractivity contribution in [2.75, 3.05) is 26.3 Å². The van der Waals surface area contributed by atoms with Crippen molar-refractivity contribution < 1.29 is 41.8 Å².